The summed E-state index contributed by atoms with van der Waals surface area (Å²) >= 11 is 0. The molecule has 4 heterocycles. The van der Waals surface area contributed by atoms with E-state index in [-0.39, 0.29) is 23.8 Å². The number of hydrogen-bond donors (Lipinski definition) is 2. The van der Waals surface area contributed by atoms with Gasteiger partial charge in [0.05, 0.1) is 18.5 Å². The Kier molecular flexibility index (Phi) is 4.54. The molecule has 11 heteroatoms. The van der Waals surface area contributed by atoms with Crippen LogP contribution in [0.3, 0.4) is 0 Å². The summed E-state index contributed by atoms with van der Waals surface area (Å²) in [5.74, 6) is -0.168. The number of nitrogens with one attached hydrogen (secondary N) is 2. The van der Waals surface area contributed by atoms with Gasteiger partial charge in [0.2, 0.25) is 5.82 Å². The zero-order chi connectivity index (χ0) is 19.5. The summed E-state index contributed by atoms with van der Waals surface area (Å²) in [5.41, 5.74) is 0.347. The van der Waals surface area contributed by atoms with Crippen molar-refractivity contribution in [2.24, 2.45) is 0 Å². The van der Waals surface area contributed by atoms with Gasteiger partial charge in [0.15, 0.2) is 5.69 Å². The van der Waals surface area contributed by atoms with Crippen LogP contribution in [0.15, 0.2) is 47.5 Å². The third-order valence-electron chi connectivity index (χ3n) is 3.87. The standard InChI is InChI=1S/C17H16N8O3/c1-2-24-10-12(13(22-24)15(26)19-9-11-5-3-8-28-11)20-16(27)14-21-17-18-6-4-7-25(17)23-14/h3-8,10H,2,9H2,1H3,(H,19,26)(H,20,27). The van der Waals surface area contributed by atoms with E-state index >= 15 is 0 Å². The van der Waals surface area contributed by atoms with E-state index in [9.17, 15) is 9.59 Å². The molecule has 0 fully saturated rings. The average molecular weight is 380 g/mol. The Labute approximate surface area is 158 Å². The molecular weight excluding hydrogens is 364 g/mol. The summed E-state index contributed by atoms with van der Waals surface area (Å²) in [5, 5.41) is 13.6. The quantitative estimate of drug-likeness (QED) is 0.512. The lowest BCUT2D eigenvalue weighted by Crippen LogP contribution is -2.25. The largest absolute Gasteiger partial charge is 0.467 e. The fraction of sp³-hybridized carbons (Fsp3) is 0.176. The maximum Gasteiger partial charge on any atom is 0.295 e. The minimum atomic E-state index is -0.568. The van der Waals surface area contributed by atoms with Crippen LogP contribution in [0, 0.1) is 0 Å². The van der Waals surface area contributed by atoms with Crippen molar-refractivity contribution < 1.29 is 14.0 Å². The fourth-order valence-corrected chi connectivity index (χ4v) is 2.51. The van der Waals surface area contributed by atoms with E-state index in [1.165, 1.54) is 10.8 Å². The Balaban J connectivity index is 1.53. The maximum absolute atomic E-state index is 12.5. The molecule has 2 amide bonds. The van der Waals surface area contributed by atoms with Gasteiger partial charge in [-0.3, -0.25) is 14.3 Å². The molecule has 0 aliphatic rings. The van der Waals surface area contributed by atoms with E-state index < -0.39 is 11.8 Å². The molecule has 142 valence electrons. The predicted octanol–water partition coefficient (Wildman–Crippen LogP) is 1.12. The maximum atomic E-state index is 12.5. The molecule has 0 aliphatic heterocycles. The van der Waals surface area contributed by atoms with E-state index in [1.54, 1.807) is 41.5 Å². The van der Waals surface area contributed by atoms with Crippen molar-refractivity contribution >= 4 is 23.3 Å². The molecule has 4 rings (SSSR count). The number of carbonyl (C=O) groups excluding carboxylic acids is 2. The number of anilines is 1. The number of nitrogens with zero attached hydrogens (tertiary/aromatic N) is 6. The Bertz CT molecular complexity index is 1100. The Morgan fingerprint density at radius 2 is 2.11 bits per heavy atom. The van der Waals surface area contributed by atoms with Crippen LogP contribution in [0.2, 0.25) is 0 Å². The number of carbonyl (C=O) groups is 2. The number of hydrogen-bond acceptors (Lipinski definition) is 7. The smallest absolute Gasteiger partial charge is 0.295 e. The van der Waals surface area contributed by atoms with Crippen LogP contribution in [0.1, 0.15) is 33.8 Å². The third kappa shape index (κ3) is 3.45. The van der Waals surface area contributed by atoms with Crippen LogP contribution < -0.4 is 10.6 Å². The van der Waals surface area contributed by atoms with E-state index in [1.807, 2.05) is 6.92 Å². The molecule has 0 radical (unpaired) electrons. The molecule has 28 heavy (non-hydrogen) atoms. The minimum Gasteiger partial charge on any atom is -0.467 e. The molecule has 4 aromatic heterocycles. The minimum absolute atomic E-state index is 0.0649. The lowest BCUT2D eigenvalue weighted by atomic mass is 10.3. The first-order valence-electron chi connectivity index (χ1n) is 8.51. The molecule has 0 atom stereocenters. The van der Waals surface area contributed by atoms with Crippen LogP contribution >= 0.6 is 0 Å². The number of aromatic nitrogens is 6. The average Bonchev–Trinajstić information content (AvgIpc) is 3.44. The highest BCUT2D eigenvalue weighted by molar-refractivity contribution is 6.06. The van der Waals surface area contributed by atoms with Gasteiger partial charge in [-0.05, 0) is 25.1 Å². The van der Waals surface area contributed by atoms with Crippen LogP contribution in [-0.2, 0) is 13.1 Å². The summed E-state index contributed by atoms with van der Waals surface area (Å²) < 4.78 is 8.13. The van der Waals surface area contributed by atoms with Crippen LogP contribution in [0.25, 0.3) is 5.78 Å². The van der Waals surface area contributed by atoms with Crippen molar-refractivity contribution in [3.8, 4) is 0 Å². The van der Waals surface area contributed by atoms with Crippen molar-refractivity contribution in [2.75, 3.05) is 5.32 Å². The number of furan rings is 1. The highest BCUT2D eigenvalue weighted by Gasteiger charge is 2.21. The molecule has 0 saturated carbocycles. The van der Waals surface area contributed by atoms with Gasteiger partial charge < -0.3 is 15.1 Å². The highest BCUT2D eigenvalue weighted by Crippen LogP contribution is 2.15. The molecule has 0 spiro atoms. The van der Waals surface area contributed by atoms with Gasteiger partial charge in [-0.15, -0.1) is 5.10 Å². The van der Waals surface area contributed by atoms with E-state index in [2.05, 4.69) is 30.8 Å². The Hall–Kier alpha value is -4.02. The fourth-order valence-electron chi connectivity index (χ4n) is 2.51. The Morgan fingerprint density at radius 3 is 2.86 bits per heavy atom. The van der Waals surface area contributed by atoms with Crippen molar-refractivity contribution in [1.82, 2.24) is 34.7 Å². The summed E-state index contributed by atoms with van der Waals surface area (Å²) in [4.78, 5) is 33.2. The molecule has 0 aromatic carbocycles. The van der Waals surface area contributed by atoms with Gasteiger partial charge in [-0.2, -0.15) is 10.1 Å². The SMILES string of the molecule is CCn1cc(NC(=O)c2nc3ncccn3n2)c(C(=O)NCc2ccco2)n1. The van der Waals surface area contributed by atoms with Crippen molar-refractivity contribution in [3.63, 3.8) is 0 Å². The van der Waals surface area contributed by atoms with Gasteiger partial charge in [0.25, 0.3) is 17.6 Å². The lowest BCUT2D eigenvalue weighted by Gasteiger charge is -2.04. The molecule has 2 N–H and O–H groups in total. The first-order valence-corrected chi connectivity index (χ1v) is 8.51. The predicted molar refractivity (Wildman–Crippen MR) is 96.5 cm³/mol. The second kappa shape index (κ2) is 7.31. The normalized spacial score (nSPS) is 10.9. The number of rotatable bonds is 6. The van der Waals surface area contributed by atoms with Crippen LogP contribution in [-0.4, -0.2) is 41.2 Å². The summed E-state index contributed by atoms with van der Waals surface area (Å²) in [6.07, 6.45) is 6.29. The number of fused-ring (bicyclic) bond motifs is 1. The molecule has 0 bridgehead atoms. The second-order valence-electron chi connectivity index (χ2n) is 5.76. The topological polar surface area (TPSA) is 132 Å². The molecular formula is C17H16N8O3. The van der Waals surface area contributed by atoms with Crippen molar-refractivity contribution in [2.45, 2.75) is 20.0 Å². The number of aryl methyl sites for hydroxylation is 1. The van der Waals surface area contributed by atoms with Gasteiger partial charge in [0, 0.05) is 25.1 Å². The highest BCUT2D eigenvalue weighted by atomic mass is 16.3. The molecule has 0 saturated heterocycles. The van der Waals surface area contributed by atoms with Gasteiger partial charge in [-0.25, -0.2) is 9.50 Å². The zero-order valence-corrected chi connectivity index (χ0v) is 14.9. The van der Waals surface area contributed by atoms with Gasteiger partial charge in [0.1, 0.15) is 5.76 Å². The third-order valence-corrected chi connectivity index (χ3v) is 3.87. The van der Waals surface area contributed by atoms with E-state index in [0.29, 0.717) is 18.1 Å². The molecule has 0 aliphatic carbocycles. The second-order valence-corrected chi connectivity index (χ2v) is 5.76. The lowest BCUT2D eigenvalue weighted by molar-refractivity contribution is 0.0943. The van der Waals surface area contributed by atoms with E-state index in [0.717, 1.165) is 0 Å². The first kappa shape index (κ1) is 17.4. The van der Waals surface area contributed by atoms with Gasteiger partial charge >= 0.3 is 0 Å². The van der Waals surface area contributed by atoms with E-state index in [4.69, 9.17) is 4.42 Å². The van der Waals surface area contributed by atoms with Crippen molar-refractivity contribution in [3.05, 3.63) is 60.3 Å². The molecule has 4 aromatic rings. The first-order chi connectivity index (χ1) is 13.6. The van der Waals surface area contributed by atoms with Crippen LogP contribution in [0.4, 0.5) is 5.69 Å². The summed E-state index contributed by atoms with van der Waals surface area (Å²) in [6.45, 7) is 2.61. The summed E-state index contributed by atoms with van der Waals surface area (Å²) in [7, 11) is 0. The van der Waals surface area contributed by atoms with Gasteiger partial charge in [-0.1, -0.05) is 0 Å². The molecule has 11 nitrogen and oxygen atoms in total. The monoisotopic (exact) mass is 380 g/mol. The van der Waals surface area contributed by atoms with Crippen LogP contribution in [0.5, 0.6) is 0 Å². The summed E-state index contributed by atoms with van der Waals surface area (Å²) in [6, 6.07) is 5.16. The number of amides is 2. The Morgan fingerprint density at radius 1 is 1.21 bits per heavy atom. The van der Waals surface area contributed by atoms with Crippen molar-refractivity contribution in [1.29, 1.82) is 0 Å². The zero-order valence-electron chi connectivity index (χ0n) is 14.9. The molecule has 0 unspecified atom stereocenters.